The lowest BCUT2D eigenvalue weighted by molar-refractivity contribution is -0.139. The van der Waals surface area contributed by atoms with Crippen LogP contribution in [0.5, 0.6) is 5.88 Å². The minimum Gasteiger partial charge on any atom is -0.480 e. The Hall–Kier alpha value is -3.88. The predicted molar refractivity (Wildman–Crippen MR) is 106 cm³/mol. The SMILES string of the molecule is CCOC(=O)C1=C(COC(=O)c2cccnc2OC)NC(=O)NC1c1ccccc1. The lowest BCUT2D eigenvalue weighted by atomic mass is 9.95. The minimum absolute atomic E-state index is 0.110. The summed E-state index contributed by atoms with van der Waals surface area (Å²) < 4.78 is 15.6. The maximum Gasteiger partial charge on any atom is 0.344 e. The van der Waals surface area contributed by atoms with Gasteiger partial charge < -0.3 is 24.8 Å². The van der Waals surface area contributed by atoms with Crippen LogP contribution in [0.3, 0.4) is 0 Å². The molecule has 0 aliphatic carbocycles. The molecular formula is C21H21N3O6. The zero-order valence-corrected chi connectivity index (χ0v) is 16.5. The molecule has 1 aromatic carbocycles. The van der Waals surface area contributed by atoms with Crippen molar-refractivity contribution in [2.75, 3.05) is 20.3 Å². The van der Waals surface area contributed by atoms with Gasteiger partial charge in [-0.25, -0.2) is 19.4 Å². The first-order valence-electron chi connectivity index (χ1n) is 9.23. The number of methoxy groups -OCH3 is 1. The van der Waals surface area contributed by atoms with Gasteiger partial charge in [0.05, 0.1) is 31.0 Å². The van der Waals surface area contributed by atoms with E-state index in [1.165, 1.54) is 19.4 Å². The molecular weight excluding hydrogens is 390 g/mol. The summed E-state index contributed by atoms with van der Waals surface area (Å²) in [5.41, 5.74) is 1.11. The van der Waals surface area contributed by atoms with Gasteiger partial charge in [-0.1, -0.05) is 30.3 Å². The molecule has 0 saturated heterocycles. The van der Waals surface area contributed by atoms with Crippen molar-refractivity contribution in [2.24, 2.45) is 0 Å². The van der Waals surface area contributed by atoms with E-state index < -0.39 is 24.0 Å². The molecule has 156 valence electrons. The molecule has 9 heteroatoms. The molecule has 1 atom stereocenters. The third-order valence-electron chi connectivity index (χ3n) is 4.31. The van der Waals surface area contributed by atoms with Gasteiger partial charge in [0.15, 0.2) is 0 Å². The lowest BCUT2D eigenvalue weighted by Crippen LogP contribution is -2.47. The number of esters is 2. The van der Waals surface area contributed by atoms with Gasteiger partial charge in [-0.05, 0) is 24.6 Å². The van der Waals surface area contributed by atoms with Gasteiger partial charge in [0, 0.05) is 6.20 Å². The molecule has 1 unspecified atom stereocenters. The fourth-order valence-corrected chi connectivity index (χ4v) is 3.00. The fraction of sp³-hybridized carbons (Fsp3) is 0.238. The quantitative estimate of drug-likeness (QED) is 0.671. The van der Waals surface area contributed by atoms with Crippen LogP contribution in [0.25, 0.3) is 0 Å². The minimum atomic E-state index is -0.749. The van der Waals surface area contributed by atoms with Crippen molar-refractivity contribution < 1.29 is 28.6 Å². The fourth-order valence-electron chi connectivity index (χ4n) is 3.00. The Labute approximate surface area is 173 Å². The second-order valence-corrected chi connectivity index (χ2v) is 6.19. The van der Waals surface area contributed by atoms with E-state index in [0.29, 0.717) is 5.56 Å². The Morgan fingerprint density at radius 3 is 2.53 bits per heavy atom. The molecule has 0 fully saturated rings. The van der Waals surface area contributed by atoms with Crippen molar-refractivity contribution in [2.45, 2.75) is 13.0 Å². The summed E-state index contributed by atoms with van der Waals surface area (Å²) in [6.07, 6.45) is 1.48. The van der Waals surface area contributed by atoms with Crippen LogP contribution in [-0.4, -0.2) is 43.3 Å². The van der Waals surface area contributed by atoms with Crippen molar-refractivity contribution >= 4 is 18.0 Å². The summed E-state index contributed by atoms with van der Waals surface area (Å²) in [5, 5.41) is 5.26. The average molecular weight is 411 g/mol. The number of pyridine rings is 1. The van der Waals surface area contributed by atoms with Crippen molar-refractivity contribution in [3.8, 4) is 5.88 Å². The molecule has 2 N–H and O–H groups in total. The molecule has 30 heavy (non-hydrogen) atoms. The van der Waals surface area contributed by atoms with Crippen LogP contribution >= 0.6 is 0 Å². The number of nitrogens with zero attached hydrogens (tertiary/aromatic N) is 1. The van der Waals surface area contributed by atoms with Crippen molar-refractivity contribution in [3.05, 3.63) is 71.1 Å². The Morgan fingerprint density at radius 2 is 1.83 bits per heavy atom. The summed E-state index contributed by atoms with van der Waals surface area (Å²) >= 11 is 0. The number of carbonyl (C=O) groups excluding carboxylic acids is 3. The summed E-state index contributed by atoms with van der Waals surface area (Å²) in [7, 11) is 1.39. The van der Waals surface area contributed by atoms with Gasteiger partial charge in [-0.3, -0.25) is 0 Å². The second-order valence-electron chi connectivity index (χ2n) is 6.19. The highest BCUT2D eigenvalue weighted by molar-refractivity contribution is 5.96. The molecule has 1 aliphatic heterocycles. The summed E-state index contributed by atoms with van der Waals surface area (Å²) in [6.45, 7) is 1.48. The number of hydrogen-bond donors (Lipinski definition) is 2. The zero-order valence-electron chi connectivity index (χ0n) is 16.5. The zero-order chi connectivity index (χ0) is 21.5. The molecule has 1 aromatic heterocycles. The van der Waals surface area contributed by atoms with E-state index in [1.807, 2.05) is 6.07 Å². The van der Waals surface area contributed by atoms with Gasteiger partial charge >= 0.3 is 18.0 Å². The standard InChI is InChI=1S/C21H21N3O6/c1-3-29-20(26)16-15(12-30-19(25)14-10-7-11-22-18(14)28-2)23-21(27)24-17(16)13-8-5-4-6-9-13/h4-11,17H,3,12H2,1-2H3,(H2,23,24,27). The number of benzene rings is 1. The second kappa shape index (κ2) is 9.55. The van der Waals surface area contributed by atoms with Crippen molar-refractivity contribution in [1.82, 2.24) is 15.6 Å². The van der Waals surface area contributed by atoms with Crippen molar-refractivity contribution in [1.29, 1.82) is 0 Å². The molecule has 0 bridgehead atoms. The smallest absolute Gasteiger partial charge is 0.344 e. The highest BCUT2D eigenvalue weighted by atomic mass is 16.5. The van der Waals surface area contributed by atoms with Gasteiger partial charge in [0.25, 0.3) is 0 Å². The highest BCUT2D eigenvalue weighted by Gasteiger charge is 2.34. The van der Waals surface area contributed by atoms with E-state index in [9.17, 15) is 14.4 Å². The monoisotopic (exact) mass is 411 g/mol. The highest BCUT2D eigenvalue weighted by Crippen LogP contribution is 2.28. The van der Waals surface area contributed by atoms with E-state index in [1.54, 1.807) is 37.3 Å². The first-order valence-corrected chi connectivity index (χ1v) is 9.23. The van der Waals surface area contributed by atoms with E-state index >= 15 is 0 Å². The van der Waals surface area contributed by atoms with Crippen LogP contribution in [0.15, 0.2) is 59.9 Å². The Balaban J connectivity index is 1.92. The van der Waals surface area contributed by atoms with Crippen LogP contribution in [0.1, 0.15) is 28.9 Å². The number of nitrogens with one attached hydrogen (secondary N) is 2. The van der Waals surface area contributed by atoms with Gasteiger partial charge in [0.2, 0.25) is 5.88 Å². The molecule has 0 radical (unpaired) electrons. The number of carbonyl (C=O) groups is 3. The molecule has 0 saturated carbocycles. The third kappa shape index (κ3) is 4.57. The molecule has 1 aliphatic rings. The van der Waals surface area contributed by atoms with Gasteiger partial charge in [0.1, 0.15) is 12.2 Å². The predicted octanol–water partition coefficient (Wildman–Crippen LogP) is 2.12. The van der Waals surface area contributed by atoms with Crippen LogP contribution in [0, 0.1) is 0 Å². The number of ether oxygens (including phenoxy) is 3. The maximum atomic E-state index is 12.7. The van der Waals surface area contributed by atoms with Gasteiger partial charge in [-0.15, -0.1) is 0 Å². The van der Waals surface area contributed by atoms with E-state index in [-0.39, 0.29) is 35.9 Å². The van der Waals surface area contributed by atoms with E-state index in [0.717, 1.165) is 0 Å². The largest absolute Gasteiger partial charge is 0.480 e. The van der Waals surface area contributed by atoms with Gasteiger partial charge in [-0.2, -0.15) is 0 Å². The molecule has 0 spiro atoms. The number of rotatable bonds is 7. The van der Waals surface area contributed by atoms with Crippen LogP contribution < -0.4 is 15.4 Å². The molecule has 9 nitrogen and oxygen atoms in total. The summed E-state index contributed by atoms with van der Waals surface area (Å²) in [6, 6.07) is 10.8. The van der Waals surface area contributed by atoms with E-state index in [4.69, 9.17) is 14.2 Å². The molecule has 2 amide bonds. The average Bonchev–Trinajstić information content (AvgIpc) is 2.77. The first kappa shape index (κ1) is 20.8. The van der Waals surface area contributed by atoms with Crippen LogP contribution in [0.4, 0.5) is 4.79 Å². The van der Waals surface area contributed by atoms with E-state index in [2.05, 4.69) is 15.6 Å². The molecule has 3 rings (SSSR count). The van der Waals surface area contributed by atoms with Crippen LogP contribution in [-0.2, 0) is 14.3 Å². The normalized spacial score (nSPS) is 15.7. The Bertz CT molecular complexity index is 974. The maximum absolute atomic E-state index is 12.7. The number of aromatic nitrogens is 1. The first-order chi connectivity index (χ1) is 14.5. The summed E-state index contributed by atoms with van der Waals surface area (Å²) in [4.78, 5) is 41.3. The number of urea groups is 1. The Morgan fingerprint density at radius 1 is 1.07 bits per heavy atom. The Kier molecular flexibility index (Phi) is 6.63. The molecule has 2 aromatic rings. The lowest BCUT2D eigenvalue weighted by Gasteiger charge is -2.29. The molecule has 2 heterocycles. The summed E-state index contributed by atoms with van der Waals surface area (Å²) in [5.74, 6) is -1.22. The number of amides is 2. The van der Waals surface area contributed by atoms with Crippen LogP contribution in [0.2, 0.25) is 0 Å². The third-order valence-corrected chi connectivity index (χ3v) is 4.31. The van der Waals surface area contributed by atoms with Crippen molar-refractivity contribution in [3.63, 3.8) is 0 Å². The number of hydrogen-bond acceptors (Lipinski definition) is 7. The topological polar surface area (TPSA) is 116 Å².